The van der Waals surface area contributed by atoms with Gasteiger partial charge in [-0.05, 0) is 24.9 Å². The Labute approximate surface area is 83.3 Å². The third-order valence-corrected chi connectivity index (χ3v) is 5.62. The van der Waals surface area contributed by atoms with Crippen LogP contribution in [-0.4, -0.2) is 8.11 Å². The summed E-state index contributed by atoms with van der Waals surface area (Å²) in [7, 11) is -0.788. The van der Waals surface area contributed by atoms with E-state index >= 15 is 0 Å². The summed E-state index contributed by atoms with van der Waals surface area (Å²) >= 11 is 6.13. The Bertz CT molecular complexity index is 104. The lowest BCUT2D eigenvalue weighted by Crippen LogP contribution is -1.99. The summed E-state index contributed by atoms with van der Waals surface area (Å²) < 4.78 is 0. The molecule has 0 N–H and O–H groups in total. The first-order valence-corrected chi connectivity index (χ1v) is 8.44. The van der Waals surface area contributed by atoms with Crippen molar-refractivity contribution < 1.29 is 0 Å². The third kappa shape index (κ3) is 8.34. The Hall–Kier alpha value is 0.247. The van der Waals surface area contributed by atoms with E-state index < -0.39 is 8.11 Å². The van der Waals surface area contributed by atoms with Gasteiger partial charge in [-0.3, -0.25) is 0 Å². The maximum absolute atomic E-state index is 6.13. The van der Waals surface area contributed by atoms with Crippen molar-refractivity contribution >= 4 is 19.2 Å². The highest BCUT2D eigenvalue weighted by Crippen LogP contribution is 2.11. The maximum Gasteiger partial charge on any atom is 0.140 e. The molecule has 12 heavy (non-hydrogen) atoms. The number of hydrogen-bond acceptors (Lipinski definition) is 0. The summed E-state index contributed by atoms with van der Waals surface area (Å²) in [6.07, 6.45) is 8.56. The number of rotatable bonds is 8. The molecule has 0 aliphatic carbocycles. The van der Waals surface area contributed by atoms with Crippen molar-refractivity contribution in [2.45, 2.75) is 51.1 Å². The first-order valence-electron chi connectivity index (χ1n) is 5.06. The summed E-state index contributed by atoms with van der Waals surface area (Å²) in [5, 5.41) is 0. The topological polar surface area (TPSA) is 0 Å². The molecule has 0 radical (unpaired) electrons. The van der Waals surface area contributed by atoms with E-state index in [1.807, 2.05) is 6.08 Å². The van der Waals surface area contributed by atoms with Crippen molar-refractivity contribution in [2.75, 3.05) is 0 Å². The lowest BCUT2D eigenvalue weighted by Gasteiger charge is -2.03. The molecule has 0 amide bonds. The average Bonchev–Trinajstić information content (AvgIpc) is 2.10. The summed E-state index contributed by atoms with van der Waals surface area (Å²) in [6, 6.07) is 2.57. The van der Waals surface area contributed by atoms with Crippen molar-refractivity contribution in [3.05, 3.63) is 12.7 Å². The van der Waals surface area contributed by atoms with Gasteiger partial charge in [0.1, 0.15) is 8.11 Å². The van der Waals surface area contributed by atoms with Crippen LogP contribution in [0.5, 0.6) is 0 Å². The predicted molar refractivity (Wildman–Crippen MR) is 61.6 cm³/mol. The summed E-state index contributed by atoms with van der Waals surface area (Å²) in [5.41, 5.74) is 0. The standard InChI is InChI=1S/C10H21ClSi/c1-3-5-6-7-8-9-10-12(11)4-2/h3,12H,1,4-10H2,2H3. The molecule has 0 heterocycles. The Balaban J connectivity index is 2.95. The molecule has 0 fully saturated rings. The Kier molecular flexibility index (Phi) is 9.53. The molecule has 72 valence electrons. The molecule has 0 aromatic rings. The number of unbranched alkanes of at least 4 members (excludes halogenated alkanes) is 4. The molecular weight excluding hydrogens is 184 g/mol. The fourth-order valence-corrected chi connectivity index (χ4v) is 2.81. The van der Waals surface area contributed by atoms with Gasteiger partial charge >= 0.3 is 0 Å². The molecule has 0 aromatic heterocycles. The monoisotopic (exact) mass is 204 g/mol. The molecule has 0 aromatic carbocycles. The van der Waals surface area contributed by atoms with Gasteiger partial charge in [0.15, 0.2) is 0 Å². The van der Waals surface area contributed by atoms with Crippen molar-refractivity contribution in [3.8, 4) is 0 Å². The molecule has 0 saturated heterocycles. The van der Waals surface area contributed by atoms with Gasteiger partial charge in [-0.15, -0.1) is 6.58 Å². The smallest absolute Gasteiger partial charge is 0.140 e. The largest absolute Gasteiger partial charge is 0.172 e. The van der Waals surface area contributed by atoms with Gasteiger partial charge < -0.3 is 0 Å². The van der Waals surface area contributed by atoms with E-state index in [2.05, 4.69) is 13.5 Å². The molecule has 0 nitrogen and oxygen atoms in total. The van der Waals surface area contributed by atoms with Crippen LogP contribution in [0.4, 0.5) is 0 Å². The van der Waals surface area contributed by atoms with Gasteiger partial charge in [-0.1, -0.05) is 32.3 Å². The molecule has 2 heteroatoms. The molecular formula is C10H21ClSi. The van der Waals surface area contributed by atoms with Gasteiger partial charge in [0.2, 0.25) is 0 Å². The minimum atomic E-state index is -0.788. The molecule has 0 spiro atoms. The fraction of sp³-hybridized carbons (Fsp3) is 0.800. The van der Waals surface area contributed by atoms with E-state index in [1.165, 1.54) is 44.2 Å². The zero-order chi connectivity index (χ0) is 9.23. The number of halogens is 1. The van der Waals surface area contributed by atoms with Crippen LogP contribution < -0.4 is 0 Å². The SMILES string of the molecule is C=CCCCCCC[SiH](Cl)CC. The van der Waals surface area contributed by atoms with E-state index in [0.717, 1.165) is 0 Å². The fourth-order valence-electron chi connectivity index (χ4n) is 1.21. The number of hydrogen-bond donors (Lipinski definition) is 0. The highest BCUT2D eigenvalue weighted by molar-refractivity contribution is 7.06. The summed E-state index contributed by atoms with van der Waals surface area (Å²) in [4.78, 5) is 0. The minimum Gasteiger partial charge on any atom is -0.172 e. The lowest BCUT2D eigenvalue weighted by atomic mass is 10.1. The van der Waals surface area contributed by atoms with E-state index in [9.17, 15) is 0 Å². The van der Waals surface area contributed by atoms with Gasteiger partial charge in [0.25, 0.3) is 0 Å². The van der Waals surface area contributed by atoms with Crippen molar-refractivity contribution in [3.63, 3.8) is 0 Å². The molecule has 1 atom stereocenters. The predicted octanol–water partition coefficient (Wildman–Crippen LogP) is 4.11. The average molecular weight is 205 g/mol. The van der Waals surface area contributed by atoms with Gasteiger partial charge in [0, 0.05) is 0 Å². The van der Waals surface area contributed by atoms with Crippen LogP contribution in [0.15, 0.2) is 12.7 Å². The highest BCUT2D eigenvalue weighted by Gasteiger charge is 2.01. The summed E-state index contributed by atoms with van der Waals surface area (Å²) in [5.74, 6) is 0. The van der Waals surface area contributed by atoms with E-state index in [1.54, 1.807) is 0 Å². The quantitative estimate of drug-likeness (QED) is 0.242. The summed E-state index contributed by atoms with van der Waals surface area (Å²) in [6.45, 7) is 5.92. The molecule has 0 saturated carbocycles. The first kappa shape index (κ1) is 12.2. The molecule has 1 unspecified atom stereocenters. The first-order chi connectivity index (χ1) is 5.81. The van der Waals surface area contributed by atoms with Crippen LogP contribution >= 0.6 is 11.1 Å². The van der Waals surface area contributed by atoms with Crippen LogP contribution in [0, 0.1) is 0 Å². The van der Waals surface area contributed by atoms with Crippen LogP contribution in [0.25, 0.3) is 0 Å². The normalized spacial score (nSPS) is 12.8. The molecule has 0 rings (SSSR count). The Morgan fingerprint density at radius 2 is 1.92 bits per heavy atom. The van der Waals surface area contributed by atoms with E-state index in [4.69, 9.17) is 11.1 Å². The van der Waals surface area contributed by atoms with Gasteiger partial charge in [0.05, 0.1) is 0 Å². The second-order valence-corrected chi connectivity index (χ2v) is 7.73. The van der Waals surface area contributed by atoms with Crippen LogP contribution in [0.1, 0.15) is 39.0 Å². The zero-order valence-corrected chi connectivity index (χ0v) is 10.1. The molecule has 0 bridgehead atoms. The van der Waals surface area contributed by atoms with Gasteiger partial charge in [-0.25, -0.2) is 0 Å². The lowest BCUT2D eigenvalue weighted by molar-refractivity contribution is 0.673. The Morgan fingerprint density at radius 1 is 1.25 bits per heavy atom. The van der Waals surface area contributed by atoms with Crippen LogP contribution in [-0.2, 0) is 0 Å². The zero-order valence-electron chi connectivity index (χ0n) is 8.19. The van der Waals surface area contributed by atoms with E-state index in [-0.39, 0.29) is 0 Å². The molecule has 0 aliphatic rings. The Morgan fingerprint density at radius 3 is 2.50 bits per heavy atom. The minimum absolute atomic E-state index is 0.788. The van der Waals surface area contributed by atoms with E-state index in [0.29, 0.717) is 0 Å². The highest BCUT2D eigenvalue weighted by atomic mass is 35.6. The second kappa shape index (κ2) is 9.34. The van der Waals surface area contributed by atoms with Crippen LogP contribution in [0.2, 0.25) is 12.1 Å². The number of allylic oxidation sites excluding steroid dienone is 1. The maximum atomic E-state index is 6.13. The molecule has 0 aliphatic heterocycles. The third-order valence-electron chi connectivity index (χ3n) is 2.12. The van der Waals surface area contributed by atoms with Crippen molar-refractivity contribution in [2.24, 2.45) is 0 Å². The van der Waals surface area contributed by atoms with Crippen molar-refractivity contribution in [1.29, 1.82) is 0 Å². The van der Waals surface area contributed by atoms with Crippen molar-refractivity contribution in [1.82, 2.24) is 0 Å². The van der Waals surface area contributed by atoms with Gasteiger partial charge in [-0.2, -0.15) is 11.1 Å². The second-order valence-electron chi connectivity index (χ2n) is 3.29. The van der Waals surface area contributed by atoms with Crippen LogP contribution in [0.3, 0.4) is 0 Å².